The summed E-state index contributed by atoms with van der Waals surface area (Å²) < 4.78 is 6.74. The molecule has 1 fully saturated rings. The number of carbonyl (C=O) groups excluding carboxylic acids is 1. The van der Waals surface area contributed by atoms with Gasteiger partial charge in [-0.1, -0.05) is 28.4 Å². The topological polar surface area (TPSA) is 64.1 Å². The third-order valence-corrected chi connectivity index (χ3v) is 6.50. The van der Waals surface area contributed by atoms with Gasteiger partial charge < -0.3 is 10.1 Å². The number of halogens is 1. The van der Waals surface area contributed by atoms with E-state index in [-0.39, 0.29) is 12.1 Å². The molecular weight excluding hydrogens is 426 g/mol. The number of ether oxygens (including phenoxy) is 1. The average molecular weight is 446 g/mol. The summed E-state index contributed by atoms with van der Waals surface area (Å²) in [6, 6.07) is 7.88. The van der Waals surface area contributed by atoms with Crippen LogP contribution < -0.4 is 5.32 Å². The van der Waals surface area contributed by atoms with E-state index in [0.29, 0.717) is 10.7 Å². The smallest absolute Gasteiger partial charge is 0.348 e. The van der Waals surface area contributed by atoms with Gasteiger partial charge in [0, 0.05) is 10.2 Å². The Balaban J connectivity index is 1.64. The molecule has 3 aromatic rings. The van der Waals surface area contributed by atoms with Gasteiger partial charge in [0.15, 0.2) is 0 Å². The lowest BCUT2D eigenvalue weighted by atomic mass is 9.98. The molecule has 1 aromatic carbocycles. The maximum absolute atomic E-state index is 12.7. The quantitative estimate of drug-likeness (QED) is 0.499. The molecule has 5 nitrogen and oxygen atoms in total. The van der Waals surface area contributed by atoms with Crippen molar-refractivity contribution in [2.75, 3.05) is 5.32 Å². The molecule has 7 heteroatoms. The van der Waals surface area contributed by atoms with Gasteiger partial charge in [0.2, 0.25) is 0 Å². The first-order valence-corrected chi connectivity index (χ1v) is 10.7. The lowest BCUT2D eigenvalue weighted by molar-refractivity contribution is 0.0216. The Morgan fingerprint density at radius 3 is 2.85 bits per heavy atom. The summed E-state index contributed by atoms with van der Waals surface area (Å²) in [6.07, 6.45) is 6.99. The molecule has 0 atom stereocenters. The van der Waals surface area contributed by atoms with Gasteiger partial charge >= 0.3 is 5.97 Å². The maximum Gasteiger partial charge on any atom is 0.348 e. The van der Waals surface area contributed by atoms with E-state index in [1.165, 1.54) is 24.1 Å². The normalized spacial score (nSPS) is 15.0. The van der Waals surface area contributed by atoms with Gasteiger partial charge in [-0.05, 0) is 56.4 Å². The standard InChI is InChI=1S/C20H20BrN3O2S/c1-12-16-18(24-14-7-5-6-13(21)10-14)22-11-23-19(16)27-17(12)20(25)26-15-8-3-2-4-9-15/h5-7,10-11,15H,2-4,8-9H2,1H3,(H,22,23,24). The molecule has 0 unspecified atom stereocenters. The Morgan fingerprint density at radius 1 is 1.26 bits per heavy atom. The number of hydrogen-bond donors (Lipinski definition) is 1. The van der Waals surface area contributed by atoms with E-state index in [4.69, 9.17) is 4.74 Å². The van der Waals surface area contributed by atoms with Crippen LogP contribution in [0.4, 0.5) is 11.5 Å². The van der Waals surface area contributed by atoms with Gasteiger partial charge in [-0.2, -0.15) is 0 Å². The predicted octanol–water partition coefficient (Wildman–Crippen LogP) is 6.00. The van der Waals surface area contributed by atoms with Crippen LogP contribution in [0.25, 0.3) is 10.2 Å². The molecule has 2 heterocycles. The van der Waals surface area contributed by atoms with Gasteiger partial charge in [0.05, 0.1) is 5.39 Å². The lowest BCUT2D eigenvalue weighted by Crippen LogP contribution is -2.20. The highest BCUT2D eigenvalue weighted by Crippen LogP contribution is 2.35. The van der Waals surface area contributed by atoms with Gasteiger partial charge in [-0.15, -0.1) is 11.3 Å². The minimum Gasteiger partial charge on any atom is -0.458 e. The lowest BCUT2D eigenvalue weighted by Gasteiger charge is -2.21. The molecule has 0 saturated heterocycles. The molecule has 27 heavy (non-hydrogen) atoms. The predicted molar refractivity (Wildman–Crippen MR) is 112 cm³/mol. The Hall–Kier alpha value is -1.99. The van der Waals surface area contributed by atoms with E-state index in [9.17, 15) is 4.79 Å². The highest BCUT2D eigenvalue weighted by molar-refractivity contribution is 9.10. The van der Waals surface area contributed by atoms with Gasteiger partial charge in [0.25, 0.3) is 0 Å². The first kappa shape index (κ1) is 18.4. The molecular formula is C20H20BrN3O2S. The third kappa shape index (κ3) is 3.99. The minimum atomic E-state index is -0.240. The summed E-state index contributed by atoms with van der Waals surface area (Å²) in [4.78, 5) is 22.9. The number of thiophene rings is 1. The molecule has 1 aliphatic carbocycles. The summed E-state index contributed by atoms with van der Waals surface area (Å²) in [5, 5.41) is 4.21. The molecule has 0 spiro atoms. The molecule has 0 radical (unpaired) electrons. The van der Waals surface area contributed by atoms with E-state index < -0.39 is 0 Å². The van der Waals surface area contributed by atoms with Gasteiger partial charge in [-0.3, -0.25) is 0 Å². The van der Waals surface area contributed by atoms with E-state index in [1.54, 1.807) is 0 Å². The second-order valence-electron chi connectivity index (χ2n) is 6.76. The van der Waals surface area contributed by atoms with Gasteiger partial charge in [-0.25, -0.2) is 14.8 Å². The molecule has 1 saturated carbocycles. The molecule has 2 aromatic heterocycles. The number of anilines is 2. The number of rotatable bonds is 4. The zero-order valence-electron chi connectivity index (χ0n) is 15.0. The summed E-state index contributed by atoms with van der Waals surface area (Å²) >= 11 is 4.85. The van der Waals surface area contributed by atoms with Crippen LogP contribution in [-0.2, 0) is 4.74 Å². The fourth-order valence-electron chi connectivity index (χ4n) is 3.45. The Bertz CT molecular complexity index is 983. The number of aromatic nitrogens is 2. The highest BCUT2D eigenvalue weighted by Gasteiger charge is 2.24. The van der Waals surface area contributed by atoms with Crippen molar-refractivity contribution in [3.63, 3.8) is 0 Å². The molecule has 140 valence electrons. The van der Waals surface area contributed by atoms with Crippen LogP contribution in [0, 0.1) is 6.92 Å². The summed E-state index contributed by atoms with van der Waals surface area (Å²) in [6.45, 7) is 1.94. The van der Waals surface area contributed by atoms with Crippen LogP contribution in [0.5, 0.6) is 0 Å². The zero-order valence-corrected chi connectivity index (χ0v) is 17.4. The van der Waals surface area contributed by atoms with E-state index in [2.05, 4.69) is 31.2 Å². The highest BCUT2D eigenvalue weighted by atomic mass is 79.9. The largest absolute Gasteiger partial charge is 0.458 e. The number of carbonyl (C=O) groups is 1. The monoisotopic (exact) mass is 445 g/mol. The van der Waals surface area contributed by atoms with Crippen LogP contribution in [0.15, 0.2) is 35.1 Å². The van der Waals surface area contributed by atoms with Crippen molar-refractivity contribution in [3.8, 4) is 0 Å². The first-order valence-electron chi connectivity index (χ1n) is 9.09. The zero-order chi connectivity index (χ0) is 18.8. The van der Waals surface area contributed by atoms with Crippen molar-refractivity contribution in [2.45, 2.75) is 45.1 Å². The van der Waals surface area contributed by atoms with Gasteiger partial charge in [0.1, 0.15) is 28.0 Å². The van der Waals surface area contributed by atoms with Crippen molar-refractivity contribution in [2.24, 2.45) is 0 Å². The second kappa shape index (κ2) is 7.94. The Labute approximate surface area is 170 Å². The first-order chi connectivity index (χ1) is 13.1. The summed E-state index contributed by atoms with van der Waals surface area (Å²) in [7, 11) is 0. The number of fused-ring (bicyclic) bond motifs is 1. The van der Waals surface area contributed by atoms with Crippen molar-refractivity contribution in [1.82, 2.24) is 9.97 Å². The van der Waals surface area contributed by atoms with Crippen LogP contribution >= 0.6 is 27.3 Å². The third-order valence-electron chi connectivity index (χ3n) is 4.83. The molecule has 0 amide bonds. The van der Waals surface area contributed by atoms with E-state index in [1.807, 2.05) is 31.2 Å². The van der Waals surface area contributed by atoms with Crippen molar-refractivity contribution < 1.29 is 9.53 Å². The molecule has 1 N–H and O–H groups in total. The van der Waals surface area contributed by atoms with Crippen LogP contribution in [0.3, 0.4) is 0 Å². The molecule has 0 bridgehead atoms. The van der Waals surface area contributed by atoms with Crippen LogP contribution in [0.1, 0.15) is 47.3 Å². The fourth-order valence-corrected chi connectivity index (χ4v) is 4.88. The number of nitrogens with one attached hydrogen (secondary N) is 1. The van der Waals surface area contributed by atoms with Crippen molar-refractivity contribution >= 4 is 55.0 Å². The Morgan fingerprint density at radius 2 is 2.07 bits per heavy atom. The minimum absolute atomic E-state index is 0.0428. The second-order valence-corrected chi connectivity index (χ2v) is 8.67. The van der Waals surface area contributed by atoms with E-state index >= 15 is 0 Å². The number of nitrogens with zero attached hydrogens (tertiary/aromatic N) is 2. The number of hydrogen-bond acceptors (Lipinski definition) is 6. The number of aryl methyl sites for hydroxylation is 1. The number of benzene rings is 1. The molecule has 1 aliphatic rings. The SMILES string of the molecule is Cc1c(C(=O)OC2CCCCC2)sc2ncnc(Nc3cccc(Br)c3)c12. The molecule has 0 aliphatic heterocycles. The van der Waals surface area contributed by atoms with Crippen molar-refractivity contribution in [3.05, 3.63) is 45.5 Å². The van der Waals surface area contributed by atoms with Crippen LogP contribution in [-0.4, -0.2) is 22.0 Å². The summed E-state index contributed by atoms with van der Waals surface area (Å²) in [5.74, 6) is 0.458. The van der Waals surface area contributed by atoms with Crippen LogP contribution in [0.2, 0.25) is 0 Å². The fraction of sp³-hybridized carbons (Fsp3) is 0.350. The van der Waals surface area contributed by atoms with Crippen molar-refractivity contribution in [1.29, 1.82) is 0 Å². The van der Waals surface area contributed by atoms with E-state index in [0.717, 1.165) is 51.6 Å². The maximum atomic E-state index is 12.7. The Kier molecular flexibility index (Phi) is 5.41. The summed E-state index contributed by atoms with van der Waals surface area (Å²) in [5.41, 5.74) is 1.79. The average Bonchev–Trinajstić information content (AvgIpc) is 3.00. The molecule has 4 rings (SSSR count). The number of esters is 1.